The number of anilines is 1. The normalized spacial score (nSPS) is 18.5. The number of nitrogens with zero attached hydrogens (tertiary/aromatic N) is 2. The van der Waals surface area contributed by atoms with E-state index in [1.807, 2.05) is 12.1 Å². The molecule has 2 heterocycles. The minimum absolute atomic E-state index is 0.0422. The van der Waals surface area contributed by atoms with E-state index >= 15 is 0 Å². The van der Waals surface area contributed by atoms with Crippen molar-refractivity contribution in [1.82, 2.24) is 20.6 Å². The molecule has 6 nitrogen and oxygen atoms in total. The van der Waals surface area contributed by atoms with Crippen molar-refractivity contribution in [1.29, 1.82) is 0 Å². The van der Waals surface area contributed by atoms with Crippen LogP contribution in [0.25, 0.3) is 0 Å². The van der Waals surface area contributed by atoms with Gasteiger partial charge in [-0.2, -0.15) is 0 Å². The number of carbonyl (C=O) groups excluding carboxylic acids is 1. The number of aromatic nitrogens is 1. The van der Waals surface area contributed by atoms with Crippen LogP contribution in [0.3, 0.4) is 0 Å². The first kappa shape index (κ1) is 13.8. The highest BCUT2D eigenvalue weighted by Crippen LogP contribution is 2.07. The molecule has 0 bridgehead atoms. The molecule has 1 atom stereocenters. The second-order valence-electron chi connectivity index (χ2n) is 4.60. The summed E-state index contributed by atoms with van der Waals surface area (Å²) in [5.41, 5.74) is 5.49. The molecule has 0 aromatic carbocycles. The van der Waals surface area contributed by atoms with Crippen molar-refractivity contribution in [2.75, 3.05) is 31.6 Å². The molecule has 0 radical (unpaired) electrons. The van der Waals surface area contributed by atoms with E-state index in [0.717, 1.165) is 26.1 Å². The van der Waals surface area contributed by atoms with E-state index in [1.54, 1.807) is 12.3 Å². The van der Waals surface area contributed by atoms with Crippen molar-refractivity contribution >= 4 is 11.7 Å². The zero-order chi connectivity index (χ0) is 13.5. The fourth-order valence-electron chi connectivity index (χ4n) is 2.24. The van der Waals surface area contributed by atoms with Crippen LogP contribution in [0.5, 0.6) is 0 Å². The van der Waals surface area contributed by atoms with Gasteiger partial charge in [0.1, 0.15) is 5.82 Å². The molecule has 1 unspecified atom stereocenters. The van der Waals surface area contributed by atoms with Crippen LogP contribution in [-0.4, -0.2) is 48.0 Å². The molecule has 0 spiro atoms. The van der Waals surface area contributed by atoms with Crippen molar-refractivity contribution in [3.05, 3.63) is 24.4 Å². The van der Waals surface area contributed by atoms with Crippen molar-refractivity contribution < 1.29 is 4.79 Å². The Labute approximate surface area is 113 Å². The monoisotopic (exact) mass is 263 g/mol. The number of hydrazine groups is 1. The molecule has 1 aromatic heterocycles. The van der Waals surface area contributed by atoms with Gasteiger partial charge in [0, 0.05) is 18.8 Å². The highest BCUT2D eigenvalue weighted by Gasteiger charge is 2.22. The van der Waals surface area contributed by atoms with Gasteiger partial charge >= 0.3 is 0 Å². The predicted molar refractivity (Wildman–Crippen MR) is 74.5 cm³/mol. The van der Waals surface area contributed by atoms with Crippen molar-refractivity contribution in [3.63, 3.8) is 0 Å². The van der Waals surface area contributed by atoms with Gasteiger partial charge in [-0.25, -0.2) is 4.98 Å². The van der Waals surface area contributed by atoms with E-state index < -0.39 is 0 Å². The Kier molecular flexibility index (Phi) is 5.11. The Bertz CT molecular complexity index is 391. The second kappa shape index (κ2) is 7.06. The SMILES string of the molecule is CCN(CC(=O)NNc1ccccn1)C1CCNC1. The maximum Gasteiger partial charge on any atom is 0.252 e. The van der Waals surface area contributed by atoms with Crippen LogP contribution in [0.1, 0.15) is 13.3 Å². The minimum Gasteiger partial charge on any atom is -0.315 e. The topological polar surface area (TPSA) is 69.3 Å². The van der Waals surface area contributed by atoms with Crippen LogP contribution in [-0.2, 0) is 4.79 Å². The molecule has 1 amide bonds. The lowest BCUT2D eigenvalue weighted by Crippen LogP contribution is -2.45. The summed E-state index contributed by atoms with van der Waals surface area (Å²) in [5, 5.41) is 3.32. The molecule has 1 saturated heterocycles. The van der Waals surface area contributed by atoms with Gasteiger partial charge in [-0.3, -0.25) is 20.5 Å². The average Bonchev–Trinajstić information content (AvgIpc) is 2.97. The summed E-state index contributed by atoms with van der Waals surface area (Å²) in [6.07, 6.45) is 2.78. The molecule has 19 heavy (non-hydrogen) atoms. The Morgan fingerprint density at radius 3 is 3.11 bits per heavy atom. The molecule has 1 fully saturated rings. The quantitative estimate of drug-likeness (QED) is 0.640. The van der Waals surface area contributed by atoms with Gasteiger partial charge < -0.3 is 5.32 Å². The van der Waals surface area contributed by atoms with Crippen LogP contribution in [0.2, 0.25) is 0 Å². The van der Waals surface area contributed by atoms with Crippen molar-refractivity contribution in [2.45, 2.75) is 19.4 Å². The first-order chi connectivity index (χ1) is 9.29. The first-order valence-corrected chi connectivity index (χ1v) is 6.70. The second-order valence-corrected chi connectivity index (χ2v) is 4.60. The molecule has 3 N–H and O–H groups in total. The molecule has 1 aliphatic rings. The summed E-state index contributed by atoms with van der Waals surface area (Å²) >= 11 is 0. The minimum atomic E-state index is -0.0422. The van der Waals surface area contributed by atoms with Crippen molar-refractivity contribution in [3.8, 4) is 0 Å². The largest absolute Gasteiger partial charge is 0.315 e. The lowest BCUT2D eigenvalue weighted by Gasteiger charge is -2.26. The summed E-state index contributed by atoms with van der Waals surface area (Å²) in [6.45, 7) is 5.37. The summed E-state index contributed by atoms with van der Waals surface area (Å²) < 4.78 is 0. The Morgan fingerprint density at radius 2 is 2.47 bits per heavy atom. The van der Waals surface area contributed by atoms with Crippen LogP contribution >= 0.6 is 0 Å². The lowest BCUT2D eigenvalue weighted by atomic mass is 10.2. The van der Waals surface area contributed by atoms with E-state index in [-0.39, 0.29) is 5.91 Å². The van der Waals surface area contributed by atoms with Gasteiger partial charge in [0.05, 0.1) is 6.54 Å². The van der Waals surface area contributed by atoms with Gasteiger partial charge in [0.25, 0.3) is 5.91 Å². The Morgan fingerprint density at radius 1 is 1.58 bits per heavy atom. The number of nitrogens with one attached hydrogen (secondary N) is 3. The highest BCUT2D eigenvalue weighted by molar-refractivity contribution is 5.79. The third-order valence-corrected chi connectivity index (χ3v) is 3.30. The number of rotatable bonds is 6. The van der Waals surface area contributed by atoms with Crippen LogP contribution in [0.15, 0.2) is 24.4 Å². The van der Waals surface area contributed by atoms with E-state index in [9.17, 15) is 4.79 Å². The summed E-state index contributed by atoms with van der Waals surface area (Å²) in [7, 11) is 0. The number of pyridine rings is 1. The molecular weight excluding hydrogens is 242 g/mol. The van der Waals surface area contributed by atoms with Gasteiger partial charge in [-0.15, -0.1) is 0 Å². The average molecular weight is 263 g/mol. The maximum absolute atomic E-state index is 11.9. The third kappa shape index (κ3) is 4.18. The highest BCUT2D eigenvalue weighted by atomic mass is 16.2. The molecule has 2 rings (SSSR count). The molecule has 104 valence electrons. The van der Waals surface area contributed by atoms with E-state index in [2.05, 4.69) is 33.0 Å². The van der Waals surface area contributed by atoms with E-state index in [1.165, 1.54) is 0 Å². The first-order valence-electron chi connectivity index (χ1n) is 6.70. The van der Waals surface area contributed by atoms with E-state index in [0.29, 0.717) is 18.4 Å². The summed E-state index contributed by atoms with van der Waals surface area (Å²) in [4.78, 5) is 18.1. The van der Waals surface area contributed by atoms with Gasteiger partial charge in [-0.05, 0) is 31.6 Å². The van der Waals surface area contributed by atoms with Gasteiger partial charge in [0.2, 0.25) is 0 Å². The number of hydrogen-bond donors (Lipinski definition) is 3. The number of carbonyl (C=O) groups is 1. The molecule has 6 heteroatoms. The van der Waals surface area contributed by atoms with E-state index in [4.69, 9.17) is 0 Å². The van der Waals surface area contributed by atoms with Gasteiger partial charge in [0.15, 0.2) is 0 Å². The van der Waals surface area contributed by atoms with Crippen LogP contribution < -0.4 is 16.2 Å². The maximum atomic E-state index is 11.9. The molecule has 0 aliphatic carbocycles. The van der Waals surface area contributed by atoms with Gasteiger partial charge in [-0.1, -0.05) is 13.0 Å². The zero-order valence-corrected chi connectivity index (χ0v) is 11.2. The molecular formula is C13H21N5O. The fraction of sp³-hybridized carbons (Fsp3) is 0.538. The summed E-state index contributed by atoms with van der Waals surface area (Å²) in [5.74, 6) is 0.598. The fourth-order valence-corrected chi connectivity index (χ4v) is 2.24. The standard InChI is InChI=1S/C13H21N5O/c1-2-18(11-6-8-14-9-11)10-13(19)17-16-12-5-3-4-7-15-12/h3-5,7,11,14H,2,6,8-10H2,1H3,(H,15,16)(H,17,19). The molecule has 0 saturated carbocycles. The van der Waals surface area contributed by atoms with Crippen molar-refractivity contribution in [2.24, 2.45) is 0 Å². The van der Waals surface area contributed by atoms with Crippen LogP contribution in [0, 0.1) is 0 Å². The number of likely N-dealkylation sites (N-methyl/N-ethyl adjacent to an activating group) is 1. The smallest absolute Gasteiger partial charge is 0.252 e. The molecule has 1 aliphatic heterocycles. The van der Waals surface area contributed by atoms with Crippen LogP contribution in [0.4, 0.5) is 5.82 Å². The predicted octanol–water partition coefficient (Wildman–Crippen LogP) is 0.209. The third-order valence-electron chi connectivity index (χ3n) is 3.30. The molecule has 1 aromatic rings. The Hall–Kier alpha value is -1.66. The lowest BCUT2D eigenvalue weighted by molar-refractivity contribution is -0.122. The number of amides is 1. The summed E-state index contributed by atoms with van der Waals surface area (Å²) in [6, 6.07) is 5.97. The number of hydrogen-bond acceptors (Lipinski definition) is 5. The Balaban J connectivity index is 1.76. The zero-order valence-electron chi connectivity index (χ0n) is 11.2.